The number of carbonyl (C=O) groups is 1. The molecule has 3 rings (SSSR count). The van der Waals surface area contributed by atoms with E-state index < -0.39 is 0 Å². The third-order valence-electron chi connectivity index (χ3n) is 4.36. The number of morpholine rings is 1. The average molecular weight is 409 g/mol. The maximum Gasteiger partial charge on any atom is 0.340 e. The molecule has 0 atom stereocenters. The molecule has 1 saturated heterocycles. The van der Waals surface area contributed by atoms with Crippen LogP contribution in [0.4, 0.5) is 11.4 Å². The van der Waals surface area contributed by atoms with Crippen molar-refractivity contribution in [3.63, 3.8) is 0 Å². The lowest BCUT2D eigenvalue weighted by atomic mass is 10.1. The van der Waals surface area contributed by atoms with E-state index >= 15 is 0 Å². The van der Waals surface area contributed by atoms with Gasteiger partial charge in [-0.1, -0.05) is 35.3 Å². The number of esters is 1. The van der Waals surface area contributed by atoms with E-state index in [0.717, 1.165) is 30.0 Å². The van der Waals surface area contributed by atoms with E-state index in [2.05, 4.69) is 10.2 Å². The van der Waals surface area contributed by atoms with E-state index in [1.807, 2.05) is 30.3 Å². The van der Waals surface area contributed by atoms with E-state index in [0.29, 0.717) is 42.0 Å². The Morgan fingerprint density at radius 2 is 2.00 bits per heavy atom. The smallest absolute Gasteiger partial charge is 0.340 e. The highest BCUT2D eigenvalue weighted by Crippen LogP contribution is 2.28. The molecule has 7 heteroatoms. The number of hydrogen-bond donors (Lipinski definition) is 1. The van der Waals surface area contributed by atoms with Crippen molar-refractivity contribution in [3.8, 4) is 0 Å². The van der Waals surface area contributed by atoms with Crippen molar-refractivity contribution in [2.45, 2.75) is 13.5 Å². The number of rotatable bonds is 6. The van der Waals surface area contributed by atoms with Crippen molar-refractivity contribution in [2.75, 3.05) is 43.1 Å². The molecule has 1 fully saturated rings. The van der Waals surface area contributed by atoms with Gasteiger partial charge in [-0.05, 0) is 36.8 Å². The van der Waals surface area contributed by atoms with Gasteiger partial charge in [-0.15, -0.1) is 0 Å². The zero-order valence-corrected chi connectivity index (χ0v) is 16.6. The SMILES string of the molecule is CCOC(=O)c1cc(NCc2cccc(Cl)c2Cl)ccc1N1CCOCC1. The molecule has 1 N–H and O–H groups in total. The molecule has 27 heavy (non-hydrogen) atoms. The zero-order valence-electron chi connectivity index (χ0n) is 15.1. The Labute approximate surface area is 169 Å². The molecule has 0 spiro atoms. The number of anilines is 2. The topological polar surface area (TPSA) is 50.8 Å². The fraction of sp³-hybridized carbons (Fsp3) is 0.350. The van der Waals surface area contributed by atoms with Gasteiger partial charge in [0.2, 0.25) is 0 Å². The highest BCUT2D eigenvalue weighted by molar-refractivity contribution is 6.42. The summed E-state index contributed by atoms with van der Waals surface area (Å²) in [5, 5.41) is 4.35. The number of hydrogen-bond acceptors (Lipinski definition) is 5. The van der Waals surface area contributed by atoms with Crippen molar-refractivity contribution in [2.24, 2.45) is 0 Å². The first kappa shape index (κ1) is 19.8. The van der Waals surface area contributed by atoms with Crippen LogP contribution in [0.5, 0.6) is 0 Å². The van der Waals surface area contributed by atoms with Crippen molar-refractivity contribution < 1.29 is 14.3 Å². The number of carbonyl (C=O) groups excluding carboxylic acids is 1. The summed E-state index contributed by atoms with van der Waals surface area (Å²) in [6, 6.07) is 11.2. The maximum atomic E-state index is 12.5. The van der Waals surface area contributed by atoms with Gasteiger partial charge in [0.15, 0.2) is 0 Å². The second-order valence-electron chi connectivity index (χ2n) is 6.12. The van der Waals surface area contributed by atoms with Gasteiger partial charge in [0.1, 0.15) is 0 Å². The van der Waals surface area contributed by atoms with E-state index in [9.17, 15) is 4.79 Å². The molecule has 0 aliphatic carbocycles. The van der Waals surface area contributed by atoms with Crippen LogP contribution in [0, 0.1) is 0 Å². The van der Waals surface area contributed by atoms with Gasteiger partial charge in [-0.2, -0.15) is 0 Å². The summed E-state index contributed by atoms with van der Waals surface area (Å²) in [5.41, 5.74) is 3.11. The van der Waals surface area contributed by atoms with Gasteiger partial charge in [-0.25, -0.2) is 4.79 Å². The molecule has 0 unspecified atom stereocenters. The van der Waals surface area contributed by atoms with E-state index in [1.165, 1.54) is 0 Å². The molecule has 1 heterocycles. The lowest BCUT2D eigenvalue weighted by molar-refractivity contribution is 0.0526. The summed E-state index contributed by atoms with van der Waals surface area (Å²) in [6.07, 6.45) is 0. The Hall–Kier alpha value is -1.95. The minimum Gasteiger partial charge on any atom is -0.462 e. The molecule has 1 aliphatic heterocycles. The number of nitrogens with zero attached hydrogens (tertiary/aromatic N) is 1. The predicted octanol–water partition coefficient (Wildman–Crippen LogP) is 4.62. The lowest BCUT2D eigenvalue weighted by Crippen LogP contribution is -2.37. The van der Waals surface area contributed by atoms with Gasteiger partial charge in [0, 0.05) is 25.3 Å². The van der Waals surface area contributed by atoms with Gasteiger partial charge in [-0.3, -0.25) is 0 Å². The normalized spacial score (nSPS) is 14.1. The molecule has 1 aliphatic rings. The van der Waals surface area contributed by atoms with Crippen molar-refractivity contribution >= 4 is 40.5 Å². The maximum absolute atomic E-state index is 12.5. The standard InChI is InChI=1S/C20H22Cl2N2O3/c1-2-27-20(25)16-12-15(6-7-18(16)24-8-10-26-11-9-24)23-13-14-4-3-5-17(21)19(14)22/h3-7,12,23H,2,8-11,13H2,1H3. The molecule has 0 amide bonds. The van der Waals surface area contributed by atoms with Crippen molar-refractivity contribution in [3.05, 3.63) is 57.6 Å². The molecule has 0 bridgehead atoms. The summed E-state index contributed by atoms with van der Waals surface area (Å²) < 4.78 is 10.7. The number of ether oxygens (including phenoxy) is 2. The van der Waals surface area contributed by atoms with Crippen molar-refractivity contribution in [1.82, 2.24) is 0 Å². The van der Waals surface area contributed by atoms with Crippen LogP contribution >= 0.6 is 23.2 Å². The molecule has 0 radical (unpaired) electrons. The van der Waals surface area contributed by atoms with Crippen LogP contribution in [-0.4, -0.2) is 38.9 Å². The second-order valence-corrected chi connectivity index (χ2v) is 6.90. The second kappa shape index (κ2) is 9.31. The van der Waals surface area contributed by atoms with Gasteiger partial charge in [0.25, 0.3) is 0 Å². The van der Waals surface area contributed by atoms with Crippen LogP contribution in [0.3, 0.4) is 0 Å². The van der Waals surface area contributed by atoms with E-state index in [1.54, 1.807) is 13.0 Å². The van der Waals surface area contributed by atoms with Crippen LogP contribution in [-0.2, 0) is 16.0 Å². The largest absolute Gasteiger partial charge is 0.462 e. The Balaban J connectivity index is 1.82. The molecule has 144 valence electrons. The average Bonchev–Trinajstić information content (AvgIpc) is 2.70. The third-order valence-corrected chi connectivity index (χ3v) is 5.22. The first-order valence-corrected chi connectivity index (χ1v) is 9.66. The summed E-state index contributed by atoms with van der Waals surface area (Å²) in [7, 11) is 0. The number of halogens is 2. The summed E-state index contributed by atoms with van der Waals surface area (Å²) in [6.45, 7) is 5.42. The molecular weight excluding hydrogens is 387 g/mol. The van der Waals surface area contributed by atoms with E-state index in [-0.39, 0.29) is 5.97 Å². The van der Waals surface area contributed by atoms with Gasteiger partial charge >= 0.3 is 5.97 Å². The van der Waals surface area contributed by atoms with Gasteiger partial charge in [0.05, 0.1) is 41.1 Å². The molecule has 5 nitrogen and oxygen atoms in total. The quantitative estimate of drug-likeness (QED) is 0.706. The monoisotopic (exact) mass is 408 g/mol. The molecular formula is C20H22Cl2N2O3. The number of benzene rings is 2. The molecule has 2 aromatic rings. The van der Waals surface area contributed by atoms with Crippen LogP contribution in [0.15, 0.2) is 36.4 Å². The van der Waals surface area contributed by atoms with Crippen LogP contribution in [0.2, 0.25) is 10.0 Å². The minimum atomic E-state index is -0.330. The highest BCUT2D eigenvalue weighted by Gasteiger charge is 2.20. The summed E-state index contributed by atoms with van der Waals surface area (Å²) in [5.74, 6) is -0.330. The minimum absolute atomic E-state index is 0.330. The Kier molecular flexibility index (Phi) is 6.83. The van der Waals surface area contributed by atoms with Crippen molar-refractivity contribution in [1.29, 1.82) is 0 Å². The van der Waals surface area contributed by atoms with Crippen LogP contribution < -0.4 is 10.2 Å². The summed E-state index contributed by atoms with van der Waals surface area (Å²) >= 11 is 12.3. The fourth-order valence-corrected chi connectivity index (χ4v) is 3.37. The predicted molar refractivity (Wildman–Crippen MR) is 109 cm³/mol. The van der Waals surface area contributed by atoms with Gasteiger partial charge < -0.3 is 19.7 Å². The first-order valence-electron chi connectivity index (χ1n) is 8.90. The summed E-state index contributed by atoms with van der Waals surface area (Å²) in [4.78, 5) is 14.6. The molecule has 2 aromatic carbocycles. The Morgan fingerprint density at radius 1 is 1.22 bits per heavy atom. The molecule has 0 saturated carbocycles. The Bertz CT molecular complexity index is 808. The first-order chi connectivity index (χ1) is 13.1. The highest BCUT2D eigenvalue weighted by atomic mass is 35.5. The van der Waals surface area contributed by atoms with Crippen LogP contribution in [0.1, 0.15) is 22.8 Å². The Morgan fingerprint density at radius 3 is 2.74 bits per heavy atom. The third kappa shape index (κ3) is 4.86. The molecule has 0 aromatic heterocycles. The lowest BCUT2D eigenvalue weighted by Gasteiger charge is -2.30. The number of nitrogens with one attached hydrogen (secondary N) is 1. The zero-order chi connectivity index (χ0) is 19.2. The fourth-order valence-electron chi connectivity index (χ4n) is 2.98. The van der Waals surface area contributed by atoms with E-state index in [4.69, 9.17) is 32.7 Å². The van der Waals surface area contributed by atoms with Crippen LogP contribution in [0.25, 0.3) is 0 Å².